The van der Waals surface area contributed by atoms with Crippen LogP contribution in [0.25, 0.3) is 0 Å². The molecule has 0 saturated carbocycles. The molecule has 0 aliphatic rings. The third-order valence-corrected chi connectivity index (χ3v) is 6.88. The normalized spacial score (nSPS) is 11.8. The van der Waals surface area contributed by atoms with Gasteiger partial charge in [0.15, 0.2) is 5.16 Å². The van der Waals surface area contributed by atoms with Gasteiger partial charge in [-0.15, -0.1) is 28.5 Å². The molecule has 30 heavy (non-hydrogen) atoms. The molecule has 0 radical (unpaired) electrons. The second kappa shape index (κ2) is 11.0. The number of nitrogens with one attached hydrogen (secondary N) is 1. The van der Waals surface area contributed by atoms with Gasteiger partial charge in [-0.2, -0.15) is 0 Å². The van der Waals surface area contributed by atoms with E-state index >= 15 is 0 Å². The molecule has 2 aromatic carbocycles. The fourth-order valence-corrected chi connectivity index (χ4v) is 4.71. The lowest BCUT2D eigenvalue weighted by atomic mass is 10.2. The first kappa shape index (κ1) is 22.2. The van der Waals surface area contributed by atoms with Crippen molar-refractivity contribution in [1.82, 2.24) is 14.8 Å². The van der Waals surface area contributed by atoms with E-state index in [0.29, 0.717) is 18.7 Å². The van der Waals surface area contributed by atoms with E-state index in [-0.39, 0.29) is 11.2 Å². The third kappa shape index (κ3) is 5.77. The summed E-state index contributed by atoms with van der Waals surface area (Å²) in [6, 6.07) is 18.0. The Bertz CT molecular complexity index is 988. The van der Waals surface area contributed by atoms with Crippen molar-refractivity contribution in [3.63, 3.8) is 0 Å². The van der Waals surface area contributed by atoms with Crippen molar-refractivity contribution in [2.45, 2.75) is 47.9 Å². The Morgan fingerprint density at radius 2 is 1.90 bits per heavy atom. The minimum Gasteiger partial charge on any atom is -0.325 e. The first-order valence-electron chi connectivity index (χ1n) is 9.86. The molecule has 0 spiro atoms. The lowest BCUT2D eigenvalue weighted by Crippen LogP contribution is -2.25. The van der Waals surface area contributed by atoms with E-state index < -0.39 is 0 Å². The first-order chi connectivity index (χ1) is 14.6. The topological polar surface area (TPSA) is 59.8 Å². The minimum atomic E-state index is -0.257. The van der Waals surface area contributed by atoms with Gasteiger partial charge in [-0.1, -0.05) is 61.2 Å². The first-order valence-corrected chi connectivity index (χ1v) is 11.7. The zero-order chi connectivity index (χ0) is 21.3. The molecule has 7 heteroatoms. The van der Waals surface area contributed by atoms with Gasteiger partial charge in [0, 0.05) is 17.1 Å². The van der Waals surface area contributed by atoms with Crippen molar-refractivity contribution in [3.05, 3.63) is 78.6 Å². The Kier molecular flexibility index (Phi) is 8.16. The smallest absolute Gasteiger partial charge is 0.237 e. The average molecular weight is 439 g/mol. The predicted octanol–water partition coefficient (Wildman–Crippen LogP) is 5.57. The second-order valence-electron chi connectivity index (χ2n) is 6.72. The summed E-state index contributed by atoms with van der Waals surface area (Å²) in [6.45, 7) is 8.47. The molecule has 156 valence electrons. The lowest BCUT2D eigenvalue weighted by molar-refractivity contribution is -0.115. The van der Waals surface area contributed by atoms with Gasteiger partial charge in [-0.3, -0.25) is 4.79 Å². The number of hydrogen-bond donors (Lipinski definition) is 1. The summed E-state index contributed by atoms with van der Waals surface area (Å²) in [5, 5.41) is 12.3. The Labute approximate surface area is 186 Å². The zero-order valence-corrected chi connectivity index (χ0v) is 18.9. The van der Waals surface area contributed by atoms with E-state index in [1.54, 1.807) is 11.8 Å². The fraction of sp³-hybridized carbons (Fsp3) is 0.261. The molecule has 5 nitrogen and oxygen atoms in total. The molecule has 3 aromatic rings. The monoisotopic (exact) mass is 438 g/mol. The van der Waals surface area contributed by atoms with Crippen molar-refractivity contribution < 1.29 is 4.79 Å². The third-order valence-electron chi connectivity index (χ3n) is 4.53. The molecular weight excluding hydrogens is 412 g/mol. The summed E-state index contributed by atoms with van der Waals surface area (Å²) < 4.78 is 2.04. The maximum Gasteiger partial charge on any atom is 0.237 e. The average Bonchev–Trinajstić information content (AvgIpc) is 3.14. The number of allylic oxidation sites excluding steroid dienone is 1. The fourth-order valence-electron chi connectivity index (χ4n) is 2.87. The van der Waals surface area contributed by atoms with Crippen LogP contribution in [0.3, 0.4) is 0 Å². The molecule has 1 atom stereocenters. The van der Waals surface area contributed by atoms with E-state index in [4.69, 9.17) is 0 Å². The number of aromatic nitrogens is 3. The van der Waals surface area contributed by atoms with E-state index in [9.17, 15) is 4.79 Å². The molecule has 1 amide bonds. The van der Waals surface area contributed by atoms with E-state index in [2.05, 4.69) is 34.2 Å². The number of aryl methyl sites for hydroxylation is 1. The highest BCUT2D eigenvalue weighted by molar-refractivity contribution is 8.00. The van der Waals surface area contributed by atoms with Crippen LogP contribution in [0.1, 0.15) is 24.7 Å². The highest BCUT2D eigenvalue weighted by Crippen LogP contribution is 2.28. The van der Waals surface area contributed by atoms with Crippen LogP contribution in [0.5, 0.6) is 0 Å². The highest BCUT2D eigenvalue weighted by atomic mass is 32.2. The number of benzene rings is 2. The maximum absolute atomic E-state index is 12.9. The van der Waals surface area contributed by atoms with Crippen molar-refractivity contribution in [3.8, 4) is 0 Å². The predicted molar refractivity (Wildman–Crippen MR) is 126 cm³/mol. The van der Waals surface area contributed by atoms with Crippen LogP contribution >= 0.6 is 23.5 Å². The summed E-state index contributed by atoms with van der Waals surface area (Å²) in [5.74, 6) is 1.56. The highest BCUT2D eigenvalue weighted by Gasteiger charge is 2.23. The Morgan fingerprint density at radius 1 is 1.17 bits per heavy atom. The number of hydrogen-bond acceptors (Lipinski definition) is 5. The van der Waals surface area contributed by atoms with Crippen LogP contribution in [0, 0.1) is 6.92 Å². The van der Waals surface area contributed by atoms with Gasteiger partial charge in [-0.25, -0.2) is 0 Å². The lowest BCUT2D eigenvalue weighted by Gasteiger charge is -2.16. The minimum absolute atomic E-state index is 0.0230. The number of carbonyl (C=O) groups excluding carboxylic acids is 1. The van der Waals surface area contributed by atoms with E-state index in [0.717, 1.165) is 22.2 Å². The van der Waals surface area contributed by atoms with Gasteiger partial charge in [-0.05, 0) is 37.1 Å². The summed E-state index contributed by atoms with van der Waals surface area (Å²) >= 11 is 3.17. The Hall–Kier alpha value is -2.51. The molecule has 3 rings (SSSR count). The molecule has 1 unspecified atom stereocenters. The summed E-state index contributed by atoms with van der Waals surface area (Å²) in [7, 11) is 0. The standard InChI is InChI=1S/C23H26N4OS2/c1-4-15-27-21(16-29-18-12-7-6-8-13-18)25-26-23(27)30-20(5-2)22(28)24-19-14-10-9-11-17(19)3/h4,6-14,20H,1,5,15-16H2,2-3H3,(H,24,28). The Morgan fingerprint density at radius 3 is 2.60 bits per heavy atom. The largest absolute Gasteiger partial charge is 0.325 e. The van der Waals surface area contributed by atoms with Crippen LogP contribution < -0.4 is 5.32 Å². The van der Waals surface area contributed by atoms with E-state index in [1.165, 1.54) is 16.7 Å². The van der Waals surface area contributed by atoms with Gasteiger partial charge in [0.25, 0.3) is 0 Å². The van der Waals surface area contributed by atoms with Gasteiger partial charge < -0.3 is 9.88 Å². The van der Waals surface area contributed by atoms with Crippen LogP contribution in [0.4, 0.5) is 5.69 Å². The number of rotatable bonds is 10. The van der Waals surface area contributed by atoms with Crippen LogP contribution in [-0.2, 0) is 17.1 Å². The number of anilines is 1. The maximum atomic E-state index is 12.9. The Balaban J connectivity index is 1.72. The van der Waals surface area contributed by atoms with E-state index in [1.807, 2.05) is 67.0 Å². The molecule has 0 aliphatic carbocycles. The molecule has 0 fully saturated rings. The number of carbonyl (C=O) groups is 1. The number of nitrogens with zero attached hydrogens (tertiary/aromatic N) is 3. The summed E-state index contributed by atoms with van der Waals surface area (Å²) in [4.78, 5) is 14.1. The quantitative estimate of drug-likeness (QED) is 0.331. The number of amides is 1. The molecule has 1 N–H and O–H groups in total. The van der Waals surface area contributed by atoms with Gasteiger partial charge in [0.05, 0.1) is 11.0 Å². The molecule has 1 aromatic heterocycles. The molecule has 0 bridgehead atoms. The SMILES string of the molecule is C=CCn1c(CSc2ccccc2)nnc1SC(CC)C(=O)Nc1ccccc1C. The summed E-state index contributed by atoms with van der Waals surface area (Å²) in [6.07, 6.45) is 2.52. The van der Waals surface area contributed by atoms with Gasteiger partial charge in [0.2, 0.25) is 5.91 Å². The summed E-state index contributed by atoms with van der Waals surface area (Å²) in [5.41, 5.74) is 1.88. The number of thioether (sulfide) groups is 2. The van der Waals surface area contributed by atoms with Crippen LogP contribution in [0.15, 0.2) is 77.3 Å². The van der Waals surface area contributed by atoms with Crippen molar-refractivity contribution in [2.24, 2.45) is 0 Å². The van der Waals surface area contributed by atoms with Gasteiger partial charge >= 0.3 is 0 Å². The number of para-hydroxylation sites is 1. The molecule has 0 aliphatic heterocycles. The van der Waals surface area contributed by atoms with Crippen molar-refractivity contribution in [1.29, 1.82) is 0 Å². The van der Waals surface area contributed by atoms with Crippen LogP contribution in [0.2, 0.25) is 0 Å². The van der Waals surface area contributed by atoms with Gasteiger partial charge in [0.1, 0.15) is 5.82 Å². The second-order valence-corrected chi connectivity index (χ2v) is 8.94. The van der Waals surface area contributed by atoms with Crippen molar-refractivity contribution >= 4 is 35.1 Å². The zero-order valence-electron chi connectivity index (χ0n) is 17.2. The van der Waals surface area contributed by atoms with Crippen molar-refractivity contribution in [2.75, 3.05) is 5.32 Å². The van der Waals surface area contributed by atoms with Crippen LogP contribution in [-0.4, -0.2) is 25.9 Å². The molecule has 1 heterocycles. The molecular formula is C23H26N4OS2. The molecule has 0 saturated heterocycles.